The summed E-state index contributed by atoms with van der Waals surface area (Å²) in [5.41, 5.74) is 3.48. The van der Waals surface area contributed by atoms with Crippen molar-refractivity contribution in [3.05, 3.63) is 83.7 Å². The summed E-state index contributed by atoms with van der Waals surface area (Å²) in [6, 6.07) is 21.0. The summed E-state index contributed by atoms with van der Waals surface area (Å²) < 4.78 is 19.3. The number of nitrogens with zero attached hydrogens (tertiary/aromatic N) is 2. The fraction of sp³-hybridized carbons (Fsp3) is 0.167. The highest BCUT2D eigenvalue weighted by Gasteiger charge is 2.18. The van der Waals surface area contributed by atoms with Crippen LogP contribution in [0, 0.1) is 17.1 Å². The average Bonchev–Trinajstić information content (AvgIpc) is 2.80. The van der Waals surface area contributed by atoms with Crippen LogP contribution in [0.3, 0.4) is 0 Å². The van der Waals surface area contributed by atoms with Crippen LogP contribution >= 0.6 is 0 Å². The van der Waals surface area contributed by atoms with E-state index in [1.165, 1.54) is 6.07 Å². The third kappa shape index (κ3) is 4.17. The van der Waals surface area contributed by atoms with Crippen LogP contribution in [0.4, 0.5) is 15.8 Å². The van der Waals surface area contributed by atoms with Gasteiger partial charge in [-0.25, -0.2) is 4.39 Å². The standard InChI is InChI=1S/C24H20FN3O2/c25-22-4-2-1-3-21(22)18-7-10-23(19(15-18)16-26)27-20-8-5-17(6-9-20)24(29)28-11-13-30-14-12-28/h1-10,15,27H,11-14H2. The van der Waals surface area contributed by atoms with Crippen LogP contribution in [0.1, 0.15) is 15.9 Å². The number of halogens is 1. The highest BCUT2D eigenvalue weighted by Crippen LogP contribution is 2.28. The van der Waals surface area contributed by atoms with Gasteiger partial charge in [0.1, 0.15) is 11.9 Å². The Kier molecular flexibility index (Phi) is 5.73. The summed E-state index contributed by atoms with van der Waals surface area (Å²) in [6.45, 7) is 2.31. The van der Waals surface area contributed by atoms with Crippen molar-refractivity contribution in [1.29, 1.82) is 5.26 Å². The van der Waals surface area contributed by atoms with Crippen LogP contribution in [0.15, 0.2) is 66.7 Å². The van der Waals surface area contributed by atoms with Gasteiger partial charge < -0.3 is 15.0 Å². The van der Waals surface area contributed by atoms with Crippen molar-refractivity contribution < 1.29 is 13.9 Å². The second-order valence-corrected chi connectivity index (χ2v) is 6.96. The molecule has 0 radical (unpaired) electrons. The van der Waals surface area contributed by atoms with Gasteiger partial charge in [-0.2, -0.15) is 5.26 Å². The Bertz CT molecular complexity index is 1100. The monoisotopic (exact) mass is 401 g/mol. The molecule has 1 N–H and O–H groups in total. The Morgan fingerprint density at radius 1 is 1.03 bits per heavy atom. The van der Waals surface area contributed by atoms with E-state index in [0.29, 0.717) is 54.2 Å². The first-order chi connectivity index (χ1) is 14.7. The molecule has 0 aromatic heterocycles. The average molecular weight is 401 g/mol. The summed E-state index contributed by atoms with van der Waals surface area (Å²) in [4.78, 5) is 14.3. The molecule has 0 unspecified atom stereocenters. The van der Waals surface area contributed by atoms with Crippen molar-refractivity contribution >= 4 is 17.3 Å². The lowest BCUT2D eigenvalue weighted by Crippen LogP contribution is -2.40. The third-order valence-electron chi connectivity index (χ3n) is 5.03. The first kappa shape index (κ1) is 19.6. The van der Waals surface area contributed by atoms with Gasteiger partial charge in [-0.3, -0.25) is 4.79 Å². The van der Waals surface area contributed by atoms with Gasteiger partial charge in [-0.15, -0.1) is 0 Å². The molecule has 5 nitrogen and oxygen atoms in total. The van der Waals surface area contributed by atoms with Crippen LogP contribution in [-0.4, -0.2) is 37.1 Å². The summed E-state index contributed by atoms with van der Waals surface area (Å²) in [5, 5.41) is 12.8. The van der Waals surface area contributed by atoms with E-state index >= 15 is 0 Å². The molecule has 30 heavy (non-hydrogen) atoms. The van der Waals surface area contributed by atoms with Gasteiger partial charge in [0, 0.05) is 29.9 Å². The Morgan fingerprint density at radius 3 is 2.47 bits per heavy atom. The van der Waals surface area contributed by atoms with E-state index < -0.39 is 0 Å². The quantitative estimate of drug-likeness (QED) is 0.695. The maximum atomic E-state index is 14.1. The van der Waals surface area contributed by atoms with E-state index in [-0.39, 0.29) is 11.7 Å². The smallest absolute Gasteiger partial charge is 0.254 e. The van der Waals surface area contributed by atoms with Crippen molar-refractivity contribution in [1.82, 2.24) is 4.90 Å². The van der Waals surface area contributed by atoms with Crippen molar-refractivity contribution in [2.24, 2.45) is 0 Å². The Hall–Kier alpha value is -3.69. The zero-order valence-corrected chi connectivity index (χ0v) is 16.3. The van der Waals surface area contributed by atoms with Crippen LogP contribution in [0.2, 0.25) is 0 Å². The zero-order valence-electron chi connectivity index (χ0n) is 16.3. The van der Waals surface area contributed by atoms with Gasteiger partial charge in [-0.1, -0.05) is 24.3 Å². The maximum Gasteiger partial charge on any atom is 0.254 e. The molecule has 3 aromatic carbocycles. The second-order valence-electron chi connectivity index (χ2n) is 6.96. The van der Waals surface area contributed by atoms with Crippen molar-refractivity contribution in [3.63, 3.8) is 0 Å². The van der Waals surface area contributed by atoms with Gasteiger partial charge in [0.15, 0.2) is 0 Å². The normalized spacial score (nSPS) is 13.5. The minimum Gasteiger partial charge on any atom is -0.378 e. The Balaban J connectivity index is 1.52. The van der Waals surface area contributed by atoms with E-state index in [2.05, 4.69) is 11.4 Å². The highest BCUT2D eigenvalue weighted by atomic mass is 19.1. The summed E-state index contributed by atoms with van der Waals surface area (Å²) >= 11 is 0. The van der Waals surface area contributed by atoms with E-state index in [1.54, 1.807) is 65.6 Å². The molecular weight excluding hydrogens is 381 g/mol. The lowest BCUT2D eigenvalue weighted by molar-refractivity contribution is 0.0303. The number of benzene rings is 3. The molecule has 6 heteroatoms. The summed E-state index contributed by atoms with van der Waals surface area (Å²) in [5.74, 6) is -0.348. The molecule has 4 rings (SSSR count). The summed E-state index contributed by atoms with van der Waals surface area (Å²) in [7, 11) is 0. The van der Waals surface area contributed by atoms with Gasteiger partial charge in [0.2, 0.25) is 0 Å². The number of amides is 1. The third-order valence-corrected chi connectivity index (χ3v) is 5.03. The molecular formula is C24H20FN3O2. The predicted octanol–water partition coefficient (Wildman–Crippen LogP) is 4.58. The number of rotatable bonds is 4. The van der Waals surface area contributed by atoms with E-state index in [1.807, 2.05) is 0 Å². The molecule has 1 aliphatic rings. The molecule has 1 saturated heterocycles. The first-order valence-corrected chi connectivity index (χ1v) is 9.69. The molecule has 150 valence electrons. The molecule has 1 heterocycles. The number of carbonyl (C=O) groups excluding carboxylic acids is 1. The molecule has 0 spiro atoms. The SMILES string of the molecule is N#Cc1cc(-c2ccccc2F)ccc1Nc1ccc(C(=O)N2CCOCC2)cc1. The fourth-order valence-electron chi connectivity index (χ4n) is 3.41. The number of carbonyl (C=O) groups is 1. The highest BCUT2D eigenvalue weighted by molar-refractivity contribution is 5.94. The molecule has 0 saturated carbocycles. The van der Waals surface area contributed by atoms with Gasteiger partial charge in [0.05, 0.1) is 24.5 Å². The minimum atomic E-state index is -0.331. The zero-order chi connectivity index (χ0) is 20.9. The minimum absolute atomic E-state index is 0.0168. The fourth-order valence-corrected chi connectivity index (χ4v) is 3.41. The van der Waals surface area contributed by atoms with Crippen molar-refractivity contribution in [2.75, 3.05) is 31.6 Å². The van der Waals surface area contributed by atoms with Crippen LogP contribution in [-0.2, 0) is 4.74 Å². The van der Waals surface area contributed by atoms with Crippen LogP contribution in [0.5, 0.6) is 0 Å². The number of morpholine rings is 1. The Morgan fingerprint density at radius 2 is 1.77 bits per heavy atom. The van der Waals surface area contributed by atoms with Crippen molar-refractivity contribution in [3.8, 4) is 17.2 Å². The van der Waals surface area contributed by atoms with Crippen LogP contribution in [0.25, 0.3) is 11.1 Å². The number of nitriles is 1. The number of nitrogens with one attached hydrogen (secondary N) is 1. The maximum absolute atomic E-state index is 14.1. The molecule has 1 fully saturated rings. The lowest BCUT2D eigenvalue weighted by atomic mass is 10.0. The predicted molar refractivity (Wildman–Crippen MR) is 113 cm³/mol. The largest absolute Gasteiger partial charge is 0.378 e. The number of hydrogen-bond acceptors (Lipinski definition) is 4. The number of anilines is 2. The van der Waals surface area contributed by atoms with E-state index in [9.17, 15) is 14.4 Å². The van der Waals surface area contributed by atoms with Crippen LogP contribution < -0.4 is 5.32 Å². The van der Waals surface area contributed by atoms with E-state index in [4.69, 9.17) is 4.74 Å². The molecule has 1 amide bonds. The molecule has 0 aliphatic carbocycles. The number of ether oxygens (including phenoxy) is 1. The molecule has 0 atom stereocenters. The lowest BCUT2D eigenvalue weighted by Gasteiger charge is -2.26. The summed E-state index contributed by atoms with van der Waals surface area (Å²) in [6.07, 6.45) is 0. The number of hydrogen-bond donors (Lipinski definition) is 1. The topological polar surface area (TPSA) is 65.4 Å². The molecule has 3 aromatic rings. The Labute approximate surface area is 174 Å². The van der Waals surface area contributed by atoms with Gasteiger partial charge >= 0.3 is 0 Å². The van der Waals surface area contributed by atoms with E-state index in [0.717, 1.165) is 5.69 Å². The molecule has 0 bridgehead atoms. The second kappa shape index (κ2) is 8.76. The van der Waals surface area contributed by atoms with Crippen molar-refractivity contribution in [2.45, 2.75) is 0 Å². The van der Waals surface area contributed by atoms with Gasteiger partial charge in [-0.05, 0) is 48.0 Å². The van der Waals surface area contributed by atoms with Gasteiger partial charge in [0.25, 0.3) is 5.91 Å². The molecule has 1 aliphatic heterocycles. The first-order valence-electron chi connectivity index (χ1n) is 9.69.